The van der Waals surface area contributed by atoms with Crippen LogP contribution in [-0.2, 0) is 11.3 Å². The molecule has 2 aromatic heterocycles. The summed E-state index contributed by atoms with van der Waals surface area (Å²) in [6.07, 6.45) is 0. The van der Waals surface area contributed by atoms with Crippen LogP contribution >= 0.6 is 22.7 Å². The predicted molar refractivity (Wildman–Crippen MR) is 73.7 cm³/mol. The molecule has 92 valence electrons. The first kappa shape index (κ1) is 12.7. The molecule has 2 heterocycles. The molecule has 0 aliphatic carbocycles. The molecule has 0 atom stereocenters. The topological polar surface area (TPSA) is 34.1 Å². The molecule has 17 heavy (non-hydrogen) atoms. The summed E-state index contributed by atoms with van der Waals surface area (Å²) in [6.45, 7) is 4.54. The minimum Gasteiger partial charge on any atom is -0.383 e. The lowest BCUT2D eigenvalue weighted by molar-refractivity contribution is 0.199. The quantitative estimate of drug-likeness (QED) is 0.818. The molecule has 2 rings (SSSR count). The molecule has 1 N–H and O–H groups in total. The average molecular weight is 268 g/mol. The smallest absolute Gasteiger partial charge is 0.107 e. The van der Waals surface area contributed by atoms with E-state index in [1.165, 1.54) is 9.75 Å². The summed E-state index contributed by atoms with van der Waals surface area (Å²) in [5, 5.41) is 6.55. The van der Waals surface area contributed by atoms with E-state index in [1.54, 1.807) is 29.8 Å². The average Bonchev–Trinajstić information content (AvgIpc) is 2.93. The van der Waals surface area contributed by atoms with Gasteiger partial charge < -0.3 is 10.1 Å². The van der Waals surface area contributed by atoms with Crippen LogP contribution < -0.4 is 5.32 Å². The van der Waals surface area contributed by atoms with Gasteiger partial charge in [-0.3, -0.25) is 0 Å². The zero-order chi connectivity index (χ0) is 12.1. The Morgan fingerprint density at radius 3 is 3.00 bits per heavy atom. The number of thiazole rings is 1. The minimum absolute atomic E-state index is 0.738. The van der Waals surface area contributed by atoms with Crippen molar-refractivity contribution in [3.63, 3.8) is 0 Å². The monoisotopic (exact) mass is 268 g/mol. The lowest BCUT2D eigenvalue weighted by atomic mass is 10.4. The van der Waals surface area contributed by atoms with Gasteiger partial charge in [-0.25, -0.2) is 4.98 Å². The molecule has 0 bridgehead atoms. The minimum atomic E-state index is 0.738. The lowest BCUT2D eigenvalue weighted by Gasteiger charge is -2.00. The second-order valence-corrected chi connectivity index (χ2v) is 5.94. The highest BCUT2D eigenvalue weighted by Crippen LogP contribution is 2.28. The van der Waals surface area contributed by atoms with Crippen LogP contribution in [-0.4, -0.2) is 25.2 Å². The number of nitrogens with zero attached hydrogens (tertiary/aromatic N) is 1. The van der Waals surface area contributed by atoms with E-state index in [1.807, 2.05) is 0 Å². The summed E-state index contributed by atoms with van der Waals surface area (Å²) in [7, 11) is 1.71. The van der Waals surface area contributed by atoms with Gasteiger partial charge in [0, 0.05) is 30.5 Å². The Bertz CT molecular complexity index is 465. The van der Waals surface area contributed by atoms with Crippen LogP contribution in [0.3, 0.4) is 0 Å². The number of hydrogen-bond acceptors (Lipinski definition) is 5. The van der Waals surface area contributed by atoms with Gasteiger partial charge in [0.1, 0.15) is 5.01 Å². The van der Waals surface area contributed by atoms with Crippen molar-refractivity contribution in [3.8, 4) is 10.6 Å². The first-order valence-electron chi connectivity index (χ1n) is 5.50. The molecule has 2 aromatic rings. The largest absolute Gasteiger partial charge is 0.383 e. The fourth-order valence-corrected chi connectivity index (χ4v) is 3.11. The second kappa shape index (κ2) is 6.26. The van der Waals surface area contributed by atoms with Crippen molar-refractivity contribution in [2.75, 3.05) is 20.3 Å². The third kappa shape index (κ3) is 3.61. The van der Waals surface area contributed by atoms with E-state index in [9.17, 15) is 0 Å². The summed E-state index contributed by atoms with van der Waals surface area (Å²) >= 11 is 3.49. The maximum absolute atomic E-state index is 4.98. The molecule has 0 aliphatic rings. The molecule has 0 aliphatic heterocycles. The number of hydrogen-bond donors (Lipinski definition) is 1. The summed E-state index contributed by atoms with van der Waals surface area (Å²) in [5.74, 6) is 0. The fraction of sp³-hybridized carbons (Fsp3) is 0.417. The number of rotatable bonds is 6. The summed E-state index contributed by atoms with van der Waals surface area (Å²) in [6, 6.07) is 4.27. The summed E-state index contributed by atoms with van der Waals surface area (Å²) in [5.41, 5.74) is 1.09. The molecular formula is C12H16N2OS2. The zero-order valence-corrected chi connectivity index (χ0v) is 11.7. The Morgan fingerprint density at radius 1 is 1.41 bits per heavy atom. The molecule has 3 nitrogen and oxygen atoms in total. The molecule has 0 radical (unpaired) electrons. The van der Waals surface area contributed by atoms with Gasteiger partial charge in [0.2, 0.25) is 0 Å². The van der Waals surface area contributed by atoms with Crippen molar-refractivity contribution in [2.45, 2.75) is 13.5 Å². The van der Waals surface area contributed by atoms with Crippen molar-refractivity contribution >= 4 is 22.7 Å². The van der Waals surface area contributed by atoms with Gasteiger partial charge in [0.05, 0.1) is 17.2 Å². The maximum Gasteiger partial charge on any atom is 0.107 e. The van der Waals surface area contributed by atoms with Gasteiger partial charge >= 0.3 is 0 Å². The zero-order valence-electron chi connectivity index (χ0n) is 10.0. The number of aryl methyl sites for hydroxylation is 1. The molecule has 0 amide bonds. The normalized spacial score (nSPS) is 10.9. The maximum atomic E-state index is 4.98. The fourth-order valence-electron chi connectivity index (χ4n) is 1.45. The van der Waals surface area contributed by atoms with Crippen molar-refractivity contribution < 1.29 is 4.74 Å². The van der Waals surface area contributed by atoms with Crippen LogP contribution in [0.25, 0.3) is 10.6 Å². The number of ether oxygens (including phenoxy) is 1. The standard InChI is InChI=1S/C12H16N2OS2/c1-9-3-4-11(17-9)10-8-16-12(14-10)7-13-5-6-15-2/h3-4,8,13H,5-7H2,1-2H3. The molecular weight excluding hydrogens is 252 g/mol. The number of methoxy groups -OCH3 is 1. The van der Waals surface area contributed by atoms with Crippen LogP contribution in [0.15, 0.2) is 17.5 Å². The number of aromatic nitrogens is 1. The van der Waals surface area contributed by atoms with Gasteiger partial charge in [-0.15, -0.1) is 22.7 Å². The molecule has 0 unspecified atom stereocenters. The highest BCUT2D eigenvalue weighted by molar-refractivity contribution is 7.16. The summed E-state index contributed by atoms with van der Waals surface area (Å²) < 4.78 is 4.98. The van der Waals surface area contributed by atoms with E-state index in [0.29, 0.717) is 0 Å². The SMILES string of the molecule is COCCNCc1nc(-c2ccc(C)s2)cs1. The van der Waals surface area contributed by atoms with Crippen molar-refractivity contribution in [3.05, 3.63) is 27.4 Å². The lowest BCUT2D eigenvalue weighted by Crippen LogP contribution is -2.18. The highest BCUT2D eigenvalue weighted by Gasteiger charge is 2.05. The third-order valence-corrected chi connectivity index (χ3v) is 4.18. The number of thiophene rings is 1. The molecule has 0 spiro atoms. The van der Waals surface area contributed by atoms with Crippen molar-refractivity contribution in [1.29, 1.82) is 0 Å². The van der Waals surface area contributed by atoms with Gasteiger partial charge in [-0.2, -0.15) is 0 Å². The van der Waals surface area contributed by atoms with Crippen molar-refractivity contribution in [2.24, 2.45) is 0 Å². The molecule has 0 fully saturated rings. The Hall–Kier alpha value is -0.750. The first-order valence-corrected chi connectivity index (χ1v) is 7.20. The van der Waals surface area contributed by atoms with Crippen LogP contribution in [0.2, 0.25) is 0 Å². The summed E-state index contributed by atoms with van der Waals surface area (Å²) in [4.78, 5) is 7.20. The van der Waals surface area contributed by atoms with Crippen LogP contribution in [0.1, 0.15) is 9.88 Å². The third-order valence-electron chi connectivity index (χ3n) is 2.30. The Morgan fingerprint density at radius 2 is 2.29 bits per heavy atom. The Balaban J connectivity index is 1.92. The molecule has 0 saturated carbocycles. The first-order chi connectivity index (χ1) is 8.29. The Kier molecular flexibility index (Phi) is 4.67. The molecule has 0 saturated heterocycles. The van der Waals surface area contributed by atoms with E-state index in [0.717, 1.165) is 30.4 Å². The van der Waals surface area contributed by atoms with E-state index in [2.05, 4.69) is 34.7 Å². The van der Waals surface area contributed by atoms with E-state index < -0.39 is 0 Å². The van der Waals surface area contributed by atoms with E-state index in [4.69, 9.17) is 4.74 Å². The van der Waals surface area contributed by atoms with Crippen LogP contribution in [0.5, 0.6) is 0 Å². The van der Waals surface area contributed by atoms with Crippen molar-refractivity contribution in [1.82, 2.24) is 10.3 Å². The Labute approximate surface area is 109 Å². The van der Waals surface area contributed by atoms with E-state index >= 15 is 0 Å². The molecule has 5 heteroatoms. The van der Waals surface area contributed by atoms with Gasteiger partial charge in [-0.05, 0) is 19.1 Å². The van der Waals surface area contributed by atoms with Crippen LogP contribution in [0.4, 0.5) is 0 Å². The van der Waals surface area contributed by atoms with Gasteiger partial charge in [-0.1, -0.05) is 0 Å². The molecule has 0 aromatic carbocycles. The van der Waals surface area contributed by atoms with Crippen LogP contribution in [0, 0.1) is 6.92 Å². The van der Waals surface area contributed by atoms with E-state index in [-0.39, 0.29) is 0 Å². The highest BCUT2D eigenvalue weighted by atomic mass is 32.1. The van der Waals surface area contributed by atoms with Gasteiger partial charge in [0.15, 0.2) is 0 Å². The van der Waals surface area contributed by atoms with Gasteiger partial charge in [0.25, 0.3) is 0 Å². The second-order valence-electron chi connectivity index (χ2n) is 3.71. The number of nitrogens with one attached hydrogen (secondary N) is 1. The predicted octanol–water partition coefficient (Wildman–Crippen LogP) is 2.92.